The molecule has 34 heavy (non-hydrogen) atoms. The van der Waals surface area contributed by atoms with Crippen molar-refractivity contribution >= 4 is 28.4 Å². The lowest BCUT2D eigenvalue weighted by Crippen LogP contribution is -2.43. The van der Waals surface area contributed by atoms with Crippen LogP contribution in [0.25, 0.3) is 16.6 Å². The van der Waals surface area contributed by atoms with Gasteiger partial charge in [0.05, 0.1) is 22.6 Å². The highest BCUT2D eigenvalue weighted by Crippen LogP contribution is 2.33. The van der Waals surface area contributed by atoms with Gasteiger partial charge in [-0.25, -0.2) is 4.98 Å². The van der Waals surface area contributed by atoms with Crippen LogP contribution in [-0.2, 0) is 4.79 Å². The van der Waals surface area contributed by atoms with Crippen LogP contribution in [0.2, 0.25) is 5.02 Å². The van der Waals surface area contributed by atoms with E-state index in [1.807, 2.05) is 48.2 Å². The highest BCUT2D eigenvalue weighted by molar-refractivity contribution is 6.30. The van der Waals surface area contributed by atoms with Crippen molar-refractivity contribution in [1.82, 2.24) is 14.5 Å². The van der Waals surface area contributed by atoms with E-state index in [-0.39, 0.29) is 23.4 Å². The number of amides is 1. The fraction of sp³-hybridized carbons (Fsp3) is 0.464. The van der Waals surface area contributed by atoms with Crippen LogP contribution in [0.1, 0.15) is 70.3 Å². The topological polar surface area (TPSA) is 55.2 Å². The number of para-hydroxylation sites is 1. The van der Waals surface area contributed by atoms with Gasteiger partial charge >= 0.3 is 0 Å². The van der Waals surface area contributed by atoms with E-state index < -0.39 is 0 Å². The van der Waals surface area contributed by atoms with E-state index in [0.29, 0.717) is 40.6 Å². The van der Waals surface area contributed by atoms with Gasteiger partial charge in [0, 0.05) is 17.5 Å². The number of hydrogen-bond acceptors (Lipinski definition) is 3. The van der Waals surface area contributed by atoms with Crippen LogP contribution in [0, 0.1) is 18.8 Å². The third-order valence-corrected chi connectivity index (χ3v) is 7.05. The van der Waals surface area contributed by atoms with Gasteiger partial charge in [0.1, 0.15) is 5.82 Å². The van der Waals surface area contributed by atoms with Gasteiger partial charge in [-0.2, -0.15) is 0 Å². The van der Waals surface area contributed by atoms with Gasteiger partial charge in [0.25, 0.3) is 5.56 Å². The minimum Gasteiger partial charge on any atom is -0.332 e. The van der Waals surface area contributed by atoms with Gasteiger partial charge in [-0.3, -0.25) is 14.2 Å². The maximum absolute atomic E-state index is 13.9. The molecule has 0 spiro atoms. The van der Waals surface area contributed by atoms with E-state index in [1.54, 1.807) is 10.6 Å². The summed E-state index contributed by atoms with van der Waals surface area (Å²) in [6, 6.07) is 12.7. The normalized spacial score (nSPS) is 15.2. The Morgan fingerprint density at radius 2 is 1.88 bits per heavy atom. The average Bonchev–Trinajstić information content (AvgIpc) is 3.34. The van der Waals surface area contributed by atoms with Crippen molar-refractivity contribution in [2.24, 2.45) is 11.8 Å². The lowest BCUT2D eigenvalue weighted by Gasteiger charge is -2.35. The molecule has 0 saturated heterocycles. The zero-order valence-corrected chi connectivity index (χ0v) is 21.3. The SMILES string of the molecule is CCC(c1nc2ccccc2c(=O)n1-c1ccc(Cl)cc1C)N(CC(C)C)C(=O)C1CCCC1. The first-order valence-corrected chi connectivity index (χ1v) is 12.8. The third kappa shape index (κ3) is 4.76. The molecule has 3 aromatic rings. The summed E-state index contributed by atoms with van der Waals surface area (Å²) in [6.07, 6.45) is 4.76. The second-order valence-electron chi connectivity index (χ2n) is 9.85. The quantitative estimate of drug-likeness (QED) is 0.390. The maximum atomic E-state index is 13.9. The number of aryl methyl sites for hydroxylation is 1. The lowest BCUT2D eigenvalue weighted by atomic mass is 10.0. The standard InChI is InChI=1S/C28H34ClN3O2/c1-5-24(31(17-18(2)3)27(33)20-10-6-7-11-20)26-30-23-13-9-8-12-22(23)28(34)32(26)25-15-14-21(29)16-19(25)4/h8-9,12-16,18,20,24H,5-7,10-11,17H2,1-4H3. The molecule has 1 amide bonds. The molecule has 1 atom stereocenters. The van der Waals surface area contributed by atoms with Crippen LogP contribution < -0.4 is 5.56 Å². The second kappa shape index (κ2) is 10.3. The highest BCUT2D eigenvalue weighted by Gasteiger charge is 2.34. The van der Waals surface area contributed by atoms with E-state index in [1.165, 1.54) is 0 Å². The first kappa shape index (κ1) is 24.5. The summed E-state index contributed by atoms with van der Waals surface area (Å²) < 4.78 is 1.71. The van der Waals surface area contributed by atoms with E-state index >= 15 is 0 Å². The van der Waals surface area contributed by atoms with Crippen LogP contribution >= 0.6 is 11.6 Å². The number of benzene rings is 2. The number of nitrogens with zero attached hydrogens (tertiary/aromatic N) is 3. The summed E-state index contributed by atoms with van der Waals surface area (Å²) >= 11 is 6.23. The predicted octanol–water partition coefficient (Wildman–Crippen LogP) is 6.47. The van der Waals surface area contributed by atoms with Crippen molar-refractivity contribution in [2.75, 3.05) is 6.54 Å². The number of rotatable bonds is 7. The van der Waals surface area contributed by atoms with Crippen LogP contribution in [-0.4, -0.2) is 26.9 Å². The van der Waals surface area contributed by atoms with E-state index in [4.69, 9.17) is 16.6 Å². The third-order valence-electron chi connectivity index (χ3n) is 6.81. The van der Waals surface area contributed by atoms with Gasteiger partial charge in [-0.05, 0) is 68.0 Å². The van der Waals surface area contributed by atoms with Crippen molar-refractivity contribution in [2.45, 2.75) is 65.8 Å². The number of carbonyl (C=O) groups is 1. The molecule has 6 heteroatoms. The summed E-state index contributed by atoms with van der Waals surface area (Å²) in [7, 11) is 0. The summed E-state index contributed by atoms with van der Waals surface area (Å²) in [5.41, 5.74) is 2.17. The Morgan fingerprint density at radius 3 is 2.53 bits per heavy atom. The fourth-order valence-electron chi connectivity index (χ4n) is 5.19. The van der Waals surface area contributed by atoms with Gasteiger partial charge < -0.3 is 4.90 Å². The Bertz CT molecular complexity index is 1240. The smallest absolute Gasteiger partial charge is 0.266 e. The number of fused-ring (bicyclic) bond motifs is 1. The molecule has 1 aliphatic rings. The summed E-state index contributed by atoms with van der Waals surface area (Å²) in [4.78, 5) is 34.6. The minimum absolute atomic E-state index is 0.0608. The molecule has 1 aromatic heterocycles. The number of halogens is 1. The van der Waals surface area contributed by atoms with Crippen LogP contribution in [0.3, 0.4) is 0 Å². The Kier molecular flexibility index (Phi) is 7.42. The Balaban J connectivity index is 1.95. The van der Waals surface area contributed by atoms with Crippen molar-refractivity contribution in [3.05, 3.63) is 69.2 Å². The molecular weight excluding hydrogens is 446 g/mol. The summed E-state index contributed by atoms with van der Waals surface area (Å²) in [6.45, 7) is 8.91. The molecule has 1 aliphatic carbocycles. The Morgan fingerprint density at radius 1 is 1.18 bits per heavy atom. The largest absolute Gasteiger partial charge is 0.332 e. The number of hydrogen-bond donors (Lipinski definition) is 0. The maximum Gasteiger partial charge on any atom is 0.266 e. The average molecular weight is 480 g/mol. The molecule has 5 nitrogen and oxygen atoms in total. The molecular formula is C28H34ClN3O2. The zero-order valence-electron chi connectivity index (χ0n) is 20.6. The zero-order chi connectivity index (χ0) is 24.4. The molecule has 0 radical (unpaired) electrons. The molecule has 0 N–H and O–H groups in total. The van der Waals surface area contributed by atoms with E-state index in [9.17, 15) is 9.59 Å². The molecule has 0 aliphatic heterocycles. The molecule has 4 rings (SSSR count). The van der Waals surface area contributed by atoms with Gasteiger partial charge in [0.15, 0.2) is 0 Å². The van der Waals surface area contributed by atoms with E-state index in [0.717, 1.165) is 36.9 Å². The molecule has 1 heterocycles. The Labute approximate surface area is 206 Å². The monoisotopic (exact) mass is 479 g/mol. The van der Waals surface area contributed by atoms with Gasteiger partial charge in [-0.15, -0.1) is 0 Å². The van der Waals surface area contributed by atoms with Crippen molar-refractivity contribution in [3.8, 4) is 5.69 Å². The van der Waals surface area contributed by atoms with Crippen molar-refractivity contribution in [1.29, 1.82) is 0 Å². The van der Waals surface area contributed by atoms with E-state index in [2.05, 4.69) is 20.8 Å². The van der Waals surface area contributed by atoms with Crippen LogP contribution in [0.4, 0.5) is 0 Å². The van der Waals surface area contributed by atoms with Crippen LogP contribution in [0.15, 0.2) is 47.3 Å². The molecule has 0 bridgehead atoms. The fourth-order valence-corrected chi connectivity index (χ4v) is 5.42. The summed E-state index contributed by atoms with van der Waals surface area (Å²) in [5.74, 6) is 1.17. The molecule has 1 saturated carbocycles. The second-order valence-corrected chi connectivity index (χ2v) is 10.3. The molecule has 1 fully saturated rings. The molecule has 1 unspecified atom stereocenters. The summed E-state index contributed by atoms with van der Waals surface area (Å²) in [5, 5.41) is 1.18. The molecule has 180 valence electrons. The van der Waals surface area contributed by atoms with Crippen molar-refractivity contribution < 1.29 is 4.79 Å². The van der Waals surface area contributed by atoms with Gasteiger partial charge in [-0.1, -0.05) is 57.3 Å². The number of carbonyl (C=O) groups excluding carboxylic acids is 1. The molecule has 2 aromatic carbocycles. The minimum atomic E-state index is -0.303. The number of aromatic nitrogens is 2. The lowest BCUT2D eigenvalue weighted by molar-refractivity contribution is -0.139. The van der Waals surface area contributed by atoms with Crippen molar-refractivity contribution in [3.63, 3.8) is 0 Å². The predicted molar refractivity (Wildman–Crippen MR) is 139 cm³/mol. The van der Waals surface area contributed by atoms with Crippen LogP contribution in [0.5, 0.6) is 0 Å². The highest BCUT2D eigenvalue weighted by atomic mass is 35.5. The Hall–Kier alpha value is -2.66. The van der Waals surface area contributed by atoms with Gasteiger partial charge in [0.2, 0.25) is 5.91 Å². The first-order chi connectivity index (χ1) is 16.3. The first-order valence-electron chi connectivity index (χ1n) is 12.4.